The van der Waals surface area contributed by atoms with E-state index in [0.29, 0.717) is 16.7 Å². The van der Waals surface area contributed by atoms with Crippen molar-refractivity contribution in [1.82, 2.24) is 9.97 Å². The summed E-state index contributed by atoms with van der Waals surface area (Å²) in [5.74, 6) is 0.415. The third kappa shape index (κ3) is 12.2. The molecule has 0 amide bonds. The Hall–Kier alpha value is -5.29. The van der Waals surface area contributed by atoms with Crippen molar-refractivity contribution >= 4 is 27.3 Å². The Kier molecular flexibility index (Phi) is 18.1. The number of carbonyl (C=O) groups is 1. The SMILES string of the molecule is CC(C)(C)c1ccc(-c2[c-]ccc(-c3ccccc3)c2)nc1.CCC(CC)C(=O)/C(C)=C(\O)C(CC)CC.Cc1[c-]c(-c2nccc3c2cc(F)c2ccccc23)cc(C)c1.[Ir]. The molecule has 0 aliphatic heterocycles. The summed E-state index contributed by atoms with van der Waals surface area (Å²) in [6.07, 6.45) is 7.23. The van der Waals surface area contributed by atoms with E-state index in [2.05, 4.69) is 97.5 Å². The zero-order chi connectivity index (χ0) is 44.3. The molecular formula is C56H61FIrN2O2-2. The molecule has 0 saturated heterocycles. The molecule has 62 heavy (non-hydrogen) atoms. The van der Waals surface area contributed by atoms with Gasteiger partial charge in [0.15, 0.2) is 5.78 Å². The third-order valence-electron chi connectivity index (χ3n) is 11.4. The summed E-state index contributed by atoms with van der Waals surface area (Å²) < 4.78 is 14.5. The second-order valence-corrected chi connectivity index (χ2v) is 16.9. The molecular weight excluding hydrogens is 944 g/mol. The second-order valence-electron chi connectivity index (χ2n) is 16.9. The molecule has 2 aromatic heterocycles. The smallest absolute Gasteiger partial charge is 0.164 e. The molecule has 0 bridgehead atoms. The van der Waals surface area contributed by atoms with E-state index in [1.54, 1.807) is 19.2 Å². The van der Waals surface area contributed by atoms with Crippen LogP contribution < -0.4 is 0 Å². The molecule has 5 aromatic carbocycles. The molecule has 0 unspecified atom stereocenters. The van der Waals surface area contributed by atoms with Gasteiger partial charge in [0.05, 0.1) is 0 Å². The molecule has 2 heterocycles. The molecule has 0 saturated carbocycles. The van der Waals surface area contributed by atoms with Gasteiger partial charge in [-0.2, -0.15) is 0 Å². The number of Topliss-reactive ketones (excluding diaryl/α,β-unsaturated/α-hetero) is 1. The average Bonchev–Trinajstić information content (AvgIpc) is 3.27. The van der Waals surface area contributed by atoms with E-state index in [4.69, 9.17) is 0 Å². The number of carbonyl (C=O) groups excluding carboxylic acids is 1. The van der Waals surface area contributed by atoms with Crippen LogP contribution >= 0.6 is 0 Å². The Morgan fingerprint density at radius 1 is 0.710 bits per heavy atom. The van der Waals surface area contributed by atoms with Gasteiger partial charge in [-0.1, -0.05) is 129 Å². The standard InChI is InChI=1S/C21H15FN.C21H20N.C14H26O2.Ir/c1-13-9-14(2)11-15(10-13)21-19-12-20(22)18-6-4-3-5-16(18)17(19)7-8-23-21;1-21(2,3)19-12-13-20(22-15-19)18-11-7-10-17(14-18)16-8-5-4-6-9-16;1-6-11(7-2)13(15)10(5)14(16)12(8-3)9-4;/h3-10,12H,1-2H3;4-10,12-15H,1-3H3;11-12,15H,6-9H2,1-5H3;/q2*-1;;/b;;13-10-;. The van der Waals surface area contributed by atoms with Crippen LogP contribution in [0.2, 0.25) is 0 Å². The van der Waals surface area contributed by atoms with E-state index in [1.807, 2.05) is 96.3 Å². The maximum atomic E-state index is 14.5. The van der Waals surface area contributed by atoms with Crippen molar-refractivity contribution < 1.29 is 34.4 Å². The fourth-order valence-electron chi connectivity index (χ4n) is 7.72. The van der Waals surface area contributed by atoms with Crippen molar-refractivity contribution in [1.29, 1.82) is 0 Å². The van der Waals surface area contributed by atoms with Crippen molar-refractivity contribution in [3.63, 3.8) is 0 Å². The topological polar surface area (TPSA) is 63.1 Å². The predicted molar refractivity (Wildman–Crippen MR) is 254 cm³/mol. The molecule has 6 heteroatoms. The molecule has 0 fully saturated rings. The molecule has 7 aromatic rings. The Labute approximate surface area is 383 Å². The van der Waals surface area contributed by atoms with Crippen LogP contribution in [0.1, 0.15) is 97.8 Å². The molecule has 1 N–H and O–H groups in total. The molecule has 0 spiro atoms. The van der Waals surface area contributed by atoms with Crippen molar-refractivity contribution in [2.75, 3.05) is 0 Å². The Bertz CT molecular complexity index is 2570. The van der Waals surface area contributed by atoms with Crippen molar-refractivity contribution in [2.24, 2.45) is 11.8 Å². The Balaban J connectivity index is 0.000000207. The summed E-state index contributed by atoms with van der Waals surface area (Å²) in [5, 5.41) is 13.4. The largest absolute Gasteiger partial charge is 0.512 e. The number of hydrogen-bond donors (Lipinski definition) is 1. The van der Waals surface area contributed by atoms with Gasteiger partial charge < -0.3 is 15.1 Å². The van der Waals surface area contributed by atoms with Crippen molar-refractivity contribution in [3.05, 3.63) is 168 Å². The van der Waals surface area contributed by atoms with Crippen molar-refractivity contribution in [2.45, 2.75) is 100 Å². The van der Waals surface area contributed by atoms with Gasteiger partial charge >= 0.3 is 0 Å². The van der Waals surface area contributed by atoms with Crippen LogP contribution in [-0.2, 0) is 30.3 Å². The van der Waals surface area contributed by atoms with Gasteiger partial charge in [-0.05, 0) is 88.8 Å². The number of aliphatic hydroxyl groups excluding tert-OH is 1. The molecule has 7 rings (SSSR count). The van der Waals surface area contributed by atoms with Gasteiger partial charge in [-0.15, -0.1) is 70.3 Å². The van der Waals surface area contributed by atoms with Gasteiger partial charge in [0.1, 0.15) is 11.6 Å². The number of benzene rings is 5. The van der Waals surface area contributed by atoms with E-state index in [9.17, 15) is 14.3 Å². The maximum absolute atomic E-state index is 14.5. The fourth-order valence-corrected chi connectivity index (χ4v) is 7.72. The van der Waals surface area contributed by atoms with Crippen LogP contribution in [0.25, 0.3) is 55.2 Å². The molecule has 1 radical (unpaired) electrons. The van der Waals surface area contributed by atoms with Gasteiger partial charge in [0, 0.05) is 55.3 Å². The van der Waals surface area contributed by atoms with Crippen LogP contribution in [0, 0.1) is 43.6 Å². The first-order valence-electron chi connectivity index (χ1n) is 21.6. The Morgan fingerprint density at radius 2 is 1.34 bits per heavy atom. The van der Waals surface area contributed by atoms with Crippen LogP contribution in [0.5, 0.6) is 0 Å². The van der Waals surface area contributed by atoms with E-state index < -0.39 is 0 Å². The van der Waals surface area contributed by atoms with E-state index in [0.717, 1.165) is 75.5 Å². The number of halogens is 1. The third-order valence-corrected chi connectivity index (χ3v) is 11.4. The summed E-state index contributed by atoms with van der Waals surface area (Å²) in [6, 6.07) is 42.7. The number of pyridine rings is 2. The number of nitrogens with zero attached hydrogens (tertiary/aromatic N) is 2. The quantitative estimate of drug-likeness (QED) is 0.0642. The number of aliphatic hydroxyl groups is 1. The first-order chi connectivity index (χ1) is 29.2. The zero-order valence-electron chi connectivity index (χ0n) is 38.0. The molecule has 0 aliphatic carbocycles. The first kappa shape index (κ1) is 49.4. The first-order valence-corrected chi connectivity index (χ1v) is 21.6. The number of allylic oxidation sites excluding steroid dienone is 2. The molecule has 4 nitrogen and oxygen atoms in total. The van der Waals surface area contributed by atoms with Gasteiger partial charge in [-0.3, -0.25) is 4.79 Å². The van der Waals surface area contributed by atoms with Gasteiger partial charge in [0.25, 0.3) is 0 Å². The number of ketones is 1. The zero-order valence-corrected chi connectivity index (χ0v) is 40.4. The van der Waals surface area contributed by atoms with E-state index in [-0.39, 0.29) is 49.0 Å². The number of fused-ring (bicyclic) bond motifs is 3. The minimum atomic E-state index is -0.216. The van der Waals surface area contributed by atoms with Crippen LogP contribution in [0.15, 0.2) is 133 Å². The number of rotatable bonds is 10. The summed E-state index contributed by atoms with van der Waals surface area (Å²) in [5.41, 5.74) is 10.2. The monoisotopic (exact) mass is 1010 g/mol. The van der Waals surface area contributed by atoms with Crippen LogP contribution in [-0.4, -0.2) is 20.9 Å². The van der Waals surface area contributed by atoms with E-state index >= 15 is 0 Å². The van der Waals surface area contributed by atoms with Gasteiger partial charge in [0.2, 0.25) is 0 Å². The van der Waals surface area contributed by atoms with Crippen molar-refractivity contribution in [3.8, 4) is 33.6 Å². The minimum absolute atomic E-state index is 0. The van der Waals surface area contributed by atoms with Crippen LogP contribution in [0.3, 0.4) is 0 Å². The van der Waals surface area contributed by atoms with Crippen LogP contribution in [0.4, 0.5) is 4.39 Å². The summed E-state index contributed by atoms with van der Waals surface area (Å²) in [4.78, 5) is 21.2. The van der Waals surface area contributed by atoms with E-state index in [1.165, 1.54) is 16.7 Å². The summed E-state index contributed by atoms with van der Waals surface area (Å²) in [7, 11) is 0. The van der Waals surface area contributed by atoms with Gasteiger partial charge in [-0.25, -0.2) is 4.39 Å². The second kappa shape index (κ2) is 22.7. The molecule has 325 valence electrons. The summed E-state index contributed by atoms with van der Waals surface area (Å²) >= 11 is 0. The maximum Gasteiger partial charge on any atom is 0.164 e. The average molecular weight is 1010 g/mol. The minimum Gasteiger partial charge on any atom is -0.512 e. The molecule has 0 atom stereocenters. The number of hydrogen-bond acceptors (Lipinski definition) is 4. The molecule has 0 aliphatic rings. The number of aromatic nitrogens is 2. The predicted octanol–water partition coefficient (Wildman–Crippen LogP) is 15.4. The normalized spacial score (nSPS) is 11.6. The fraction of sp³-hybridized carbons (Fsp3) is 0.304. The number of aryl methyl sites for hydroxylation is 2. The Morgan fingerprint density at radius 3 is 1.94 bits per heavy atom. The summed E-state index contributed by atoms with van der Waals surface area (Å²) in [6.45, 7) is 20.5.